The van der Waals surface area contributed by atoms with Crippen LogP contribution in [0.2, 0.25) is 0 Å². The van der Waals surface area contributed by atoms with Crippen molar-refractivity contribution in [3.8, 4) is 0 Å². The zero-order chi connectivity index (χ0) is 19.8. The average Bonchev–Trinajstić information content (AvgIpc) is 2.67. The van der Waals surface area contributed by atoms with Gasteiger partial charge in [-0.2, -0.15) is 0 Å². The van der Waals surface area contributed by atoms with E-state index < -0.39 is 0 Å². The van der Waals surface area contributed by atoms with Crippen molar-refractivity contribution in [3.05, 3.63) is 11.8 Å². The highest BCUT2D eigenvalue weighted by molar-refractivity contribution is 4.90. The lowest BCUT2D eigenvalue weighted by molar-refractivity contribution is 0.164. The average molecular weight is 384 g/mol. The number of unbranched alkanes of at least 4 members (excludes halogenated alkanes) is 17. The van der Waals surface area contributed by atoms with Gasteiger partial charge in [0, 0.05) is 13.0 Å². The molecule has 0 aromatic heterocycles. The molecule has 27 heavy (non-hydrogen) atoms. The molecule has 0 heterocycles. The second-order valence-corrected chi connectivity index (χ2v) is 8.15. The maximum atomic E-state index is 9.82. The van der Waals surface area contributed by atoms with Gasteiger partial charge in [0.05, 0.1) is 5.76 Å². The minimum absolute atomic E-state index is 0.619. The van der Waals surface area contributed by atoms with Crippen LogP contribution in [0.4, 0.5) is 0 Å². The number of hydroxylamine groups is 1. The molecule has 3 nitrogen and oxygen atoms in total. The molecular formula is C24H49NO2. The molecule has 0 aliphatic carbocycles. The number of nitrogens with one attached hydrogen (secondary N) is 1. The highest BCUT2D eigenvalue weighted by atomic mass is 16.5. The van der Waals surface area contributed by atoms with Crippen LogP contribution in [0.1, 0.15) is 135 Å². The normalized spacial score (nSPS) is 12.0. The first-order valence-corrected chi connectivity index (χ1v) is 12.1. The summed E-state index contributed by atoms with van der Waals surface area (Å²) in [5, 5.41) is 18.3. The van der Waals surface area contributed by atoms with E-state index in [0.29, 0.717) is 5.76 Å². The Hall–Kier alpha value is -0.540. The predicted molar refractivity (Wildman–Crippen MR) is 119 cm³/mol. The van der Waals surface area contributed by atoms with Crippen molar-refractivity contribution in [2.24, 2.45) is 0 Å². The Morgan fingerprint density at radius 3 is 1.52 bits per heavy atom. The summed E-state index contributed by atoms with van der Waals surface area (Å²) in [4.78, 5) is 0. The van der Waals surface area contributed by atoms with Crippen LogP contribution in [0.25, 0.3) is 0 Å². The SMILES string of the molecule is CCCCCC=C(O)CCCCCCCCCCCCCCCCCNO. The molecule has 0 atom stereocenters. The monoisotopic (exact) mass is 383 g/mol. The van der Waals surface area contributed by atoms with Crippen LogP contribution in [0.15, 0.2) is 11.8 Å². The number of rotatable bonds is 22. The Balaban J connectivity index is 3.12. The van der Waals surface area contributed by atoms with Gasteiger partial charge in [-0.3, -0.25) is 0 Å². The fraction of sp³-hybridized carbons (Fsp3) is 0.917. The van der Waals surface area contributed by atoms with Crippen LogP contribution in [0.5, 0.6) is 0 Å². The summed E-state index contributed by atoms with van der Waals surface area (Å²) in [6.07, 6.45) is 27.6. The molecule has 0 unspecified atom stereocenters. The molecule has 3 heteroatoms. The van der Waals surface area contributed by atoms with Crippen LogP contribution in [0.3, 0.4) is 0 Å². The molecule has 0 bridgehead atoms. The van der Waals surface area contributed by atoms with Gasteiger partial charge >= 0.3 is 0 Å². The maximum absolute atomic E-state index is 9.82. The number of aliphatic hydroxyl groups is 1. The molecule has 0 saturated heterocycles. The minimum atomic E-state index is 0.619. The Kier molecular flexibility index (Phi) is 23.0. The van der Waals surface area contributed by atoms with Gasteiger partial charge in [0.1, 0.15) is 0 Å². The van der Waals surface area contributed by atoms with Crippen molar-refractivity contribution in [1.82, 2.24) is 5.48 Å². The predicted octanol–water partition coefficient (Wildman–Crippen LogP) is 8.23. The van der Waals surface area contributed by atoms with Crippen LogP contribution in [0, 0.1) is 0 Å². The van der Waals surface area contributed by atoms with E-state index in [1.165, 1.54) is 103 Å². The zero-order valence-corrected chi connectivity index (χ0v) is 18.3. The fourth-order valence-corrected chi connectivity index (χ4v) is 3.57. The Morgan fingerprint density at radius 1 is 0.630 bits per heavy atom. The smallest absolute Gasteiger partial charge is 0.0882 e. The number of allylic oxidation sites excluding steroid dienone is 2. The van der Waals surface area contributed by atoms with Gasteiger partial charge in [-0.15, -0.1) is 0 Å². The van der Waals surface area contributed by atoms with Crippen LogP contribution in [-0.2, 0) is 0 Å². The van der Waals surface area contributed by atoms with Crippen molar-refractivity contribution >= 4 is 0 Å². The lowest BCUT2D eigenvalue weighted by atomic mass is 10.0. The first-order chi connectivity index (χ1) is 13.3. The lowest BCUT2D eigenvalue weighted by Crippen LogP contribution is -2.07. The zero-order valence-electron chi connectivity index (χ0n) is 18.3. The summed E-state index contributed by atoms with van der Waals surface area (Å²) in [6, 6.07) is 0. The van der Waals surface area contributed by atoms with Crippen molar-refractivity contribution in [2.45, 2.75) is 135 Å². The highest BCUT2D eigenvalue weighted by Crippen LogP contribution is 2.15. The van der Waals surface area contributed by atoms with Gasteiger partial charge in [-0.05, 0) is 31.8 Å². The van der Waals surface area contributed by atoms with Crippen molar-refractivity contribution in [3.63, 3.8) is 0 Å². The largest absolute Gasteiger partial charge is 0.513 e. The molecule has 0 amide bonds. The summed E-state index contributed by atoms with van der Waals surface area (Å²) in [5.41, 5.74) is 2.22. The second kappa shape index (κ2) is 23.5. The fourth-order valence-electron chi connectivity index (χ4n) is 3.57. The molecule has 0 spiro atoms. The highest BCUT2D eigenvalue weighted by Gasteiger charge is 1.96. The summed E-state index contributed by atoms with van der Waals surface area (Å²) in [6.45, 7) is 2.95. The quantitative estimate of drug-likeness (QED) is 0.100. The maximum Gasteiger partial charge on any atom is 0.0882 e. The molecule has 0 fully saturated rings. The second-order valence-electron chi connectivity index (χ2n) is 8.15. The minimum Gasteiger partial charge on any atom is -0.513 e. The van der Waals surface area contributed by atoms with E-state index in [0.717, 1.165) is 32.2 Å². The molecule has 0 aliphatic rings. The van der Waals surface area contributed by atoms with E-state index in [1.807, 2.05) is 6.08 Å². The summed E-state index contributed by atoms with van der Waals surface area (Å²) in [5.74, 6) is 0.619. The molecule has 0 aliphatic heterocycles. The van der Waals surface area contributed by atoms with Crippen LogP contribution >= 0.6 is 0 Å². The van der Waals surface area contributed by atoms with E-state index in [-0.39, 0.29) is 0 Å². The van der Waals surface area contributed by atoms with Crippen molar-refractivity contribution < 1.29 is 10.3 Å². The molecular weight excluding hydrogens is 334 g/mol. The summed E-state index contributed by atoms with van der Waals surface area (Å²) < 4.78 is 0. The lowest BCUT2D eigenvalue weighted by Gasteiger charge is -2.04. The molecule has 3 N–H and O–H groups in total. The molecule has 0 aromatic rings. The van der Waals surface area contributed by atoms with Gasteiger partial charge in [-0.1, -0.05) is 103 Å². The van der Waals surface area contributed by atoms with Gasteiger partial charge in [-0.25, -0.2) is 5.48 Å². The molecule has 162 valence electrons. The number of hydrogen-bond acceptors (Lipinski definition) is 3. The third-order valence-corrected chi connectivity index (χ3v) is 5.41. The standard InChI is InChI=1S/C24H49NO2/c1-2-3-4-18-21-24(26)22-19-16-14-12-10-8-6-5-7-9-11-13-15-17-20-23-25-27/h21,25-27H,2-20,22-23H2,1H3. The van der Waals surface area contributed by atoms with Gasteiger partial charge in [0.25, 0.3) is 0 Å². The van der Waals surface area contributed by atoms with E-state index in [9.17, 15) is 5.11 Å². The van der Waals surface area contributed by atoms with E-state index in [1.54, 1.807) is 0 Å². The first kappa shape index (κ1) is 26.5. The van der Waals surface area contributed by atoms with Gasteiger partial charge in [0.15, 0.2) is 0 Å². The van der Waals surface area contributed by atoms with Crippen LogP contribution < -0.4 is 5.48 Å². The molecule has 0 rings (SSSR count). The topological polar surface area (TPSA) is 52.5 Å². The first-order valence-electron chi connectivity index (χ1n) is 12.1. The van der Waals surface area contributed by atoms with E-state index in [4.69, 9.17) is 5.21 Å². The summed E-state index contributed by atoms with van der Waals surface area (Å²) in [7, 11) is 0. The third kappa shape index (κ3) is 23.4. The van der Waals surface area contributed by atoms with Gasteiger partial charge < -0.3 is 10.3 Å². The Labute approximate surface area is 170 Å². The van der Waals surface area contributed by atoms with E-state index >= 15 is 0 Å². The molecule has 0 radical (unpaired) electrons. The van der Waals surface area contributed by atoms with Crippen molar-refractivity contribution in [2.75, 3.05) is 6.54 Å². The van der Waals surface area contributed by atoms with Crippen LogP contribution in [-0.4, -0.2) is 16.9 Å². The number of aliphatic hydroxyl groups excluding tert-OH is 1. The Morgan fingerprint density at radius 2 is 1.07 bits per heavy atom. The van der Waals surface area contributed by atoms with Crippen molar-refractivity contribution in [1.29, 1.82) is 0 Å². The van der Waals surface area contributed by atoms with E-state index in [2.05, 4.69) is 12.4 Å². The number of hydrogen-bond donors (Lipinski definition) is 3. The molecule has 0 saturated carbocycles. The van der Waals surface area contributed by atoms with Gasteiger partial charge in [0.2, 0.25) is 0 Å². The molecule has 0 aromatic carbocycles. The Bertz CT molecular complexity index is 305. The third-order valence-electron chi connectivity index (χ3n) is 5.41. The summed E-state index contributed by atoms with van der Waals surface area (Å²) >= 11 is 0.